The summed E-state index contributed by atoms with van der Waals surface area (Å²) >= 11 is 1.18. The number of hydrogen-bond acceptors (Lipinski definition) is 18. The molecule has 0 saturated carbocycles. The van der Waals surface area contributed by atoms with Gasteiger partial charge in [0.1, 0.15) is 29.6 Å². The zero-order valence-corrected chi connectivity index (χ0v) is 36.8. The fraction of sp³-hybridized carbons (Fsp3) is 0.725. The number of aliphatic hydroxyl groups excluding tert-OH is 1. The van der Waals surface area contributed by atoms with Gasteiger partial charge in [0.25, 0.3) is 5.67 Å². The third-order valence-electron chi connectivity index (χ3n) is 12.3. The van der Waals surface area contributed by atoms with Crippen LogP contribution in [0.5, 0.6) is 0 Å². The summed E-state index contributed by atoms with van der Waals surface area (Å²) in [6, 6.07) is -0.391. The molecule has 18 nitrogen and oxygen atoms in total. The molecular formula is C40H58FN7O11S. The molecule has 2 aromatic rings. The number of cyclic esters (lactones) is 1. The van der Waals surface area contributed by atoms with Crippen LogP contribution in [-0.2, 0) is 54.3 Å². The Morgan fingerprint density at radius 1 is 1.10 bits per heavy atom. The van der Waals surface area contributed by atoms with Gasteiger partial charge in [-0.3, -0.25) is 24.4 Å². The lowest BCUT2D eigenvalue weighted by molar-refractivity contribution is -0.295. The number of amidine groups is 1. The van der Waals surface area contributed by atoms with E-state index in [9.17, 15) is 24.3 Å². The Bertz CT molecular complexity index is 1900. The number of nitrogens with two attached hydrogens (primary N) is 1. The van der Waals surface area contributed by atoms with Crippen molar-refractivity contribution in [2.24, 2.45) is 40.5 Å². The number of ketones is 2. The molecule has 0 amide bonds. The fourth-order valence-electron chi connectivity index (χ4n) is 8.99. The third kappa shape index (κ3) is 9.23. The number of aliphatic hydroxyl groups is 1. The summed E-state index contributed by atoms with van der Waals surface area (Å²) in [4.78, 5) is 72.4. The second-order valence-corrected chi connectivity index (χ2v) is 18.0. The Morgan fingerprint density at radius 3 is 2.42 bits per heavy atom. The lowest BCUT2D eigenvalue weighted by Crippen LogP contribution is -2.61. The van der Waals surface area contributed by atoms with Crippen molar-refractivity contribution in [3.8, 4) is 10.7 Å². The number of ether oxygens (including phenoxy) is 5. The average molecular weight is 864 g/mol. The smallest absolute Gasteiger partial charge is 0.351 e. The van der Waals surface area contributed by atoms with Crippen LogP contribution in [-0.4, -0.2) is 134 Å². The molecule has 3 N–H and O–H groups in total. The molecule has 2 aromatic heterocycles. The first-order valence-corrected chi connectivity index (χ1v) is 20.9. The zero-order valence-electron chi connectivity index (χ0n) is 36.0. The maximum atomic E-state index is 16.9. The first kappa shape index (κ1) is 47.0. The SMILES string of the molecule is CC[C@@H]1OC(=O)[C@@](C)(F)C(=O)[C@H](C)[C@@H](OC2O[C@H](C)C[C@H](N(C)C)[C@H]2O)[C@](C)(OC)C[C@@H](C)C(=O)[C@H](C)[C@H]2[C@H](/C(N)=N/OCc3nnc(-c4cnccn4)s3)C(=O)O[C@@]21C. The number of rotatable bonds is 10. The Balaban J connectivity index is 1.52. The van der Waals surface area contributed by atoms with E-state index in [0.717, 1.165) is 6.92 Å². The molecule has 0 aromatic carbocycles. The minimum Gasteiger partial charge on any atom is -0.455 e. The number of alkyl halides is 1. The van der Waals surface area contributed by atoms with Gasteiger partial charge in [0.15, 0.2) is 40.1 Å². The highest BCUT2D eigenvalue weighted by Crippen LogP contribution is 2.48. The third-order valence-corrected chi connectivity index (χ3v) is 13.2. The topological polar surface area (TPSA) is 237 Å². The first-order valence-electron chi connectivity index (χ1n) is 20.1. The van der Waals surface area contributed by atoms with E-state index in [-0.39, 0.29) is 37.2 Å². The highest BCUT2D eigenvalue weighted by Gasteiger charge is 2.63. The van der Waals surface area contributed by atoms with Crippen molar-refractivity contribution in [3.05, 3.63) is 23.6 Å². The van der Waals surface area contributed by atoms with E-state index in [4.69, 9.17) is 34.3 Å². The number of likely N-dealkylation sites (N-methyl/N-ethyl adjacent to an activating group) is 1. The summed E-state index contributed by atoms with van der Waals surface area (Å²) in [6.45, 7) is 11.8. The zero-order chi connectivity index (χ0) is 44.5. The fourth-order valence-corrected chi connectivity index (χ4v) is 9.70. The number of halogens is 1. The predicted molar refractivity (Wildman–Crippen MR) is 213 cm³/mol. The van der Waals surface area contributed by atoms with Crippen LogP contribution in [0.2, 0.25) is 0 Å². The van der Waals surface area contributed by atoms with Crippen LogP contribution in [0.15, 0.2) is 23.7 Å². The number of carbonyl (C=O) groups excluding carboxylic acids is 4. The maximum absolute atomic E-state index is 16.9. The van der Waals surface area contributed by atoms with E-state index in [1.165, 1.54) is 50.9 Å². The predicted octanol–water partition coefficient (Wildman–Crippen LogP) is 3.05. The molecule has 3 saturated heterocycles. The van der Waals surface area contributed by atoms with Gasteiger partial charge in [-0.2, -0.15) is 0 Å². The molecular weight excluding hydrogens is 806 g/mol. The maximum Gasteiger partial charge on any atom is 0.351 e. The molecule has 332 valence electrons. The molecule has 0 spiro atoms. The first-order chi connectivity index (χ1) is 28.1. The van der Waals surface area contributed by atoms with Crippen molar-refractivity contribution in [2.75, 3.05) is 21.2 Å². The summed E-state index contributed by atoms with van der Waals surface area (Å²) in [5.74, 6) is -10.1. The molecule has 20 heteroatoms. The van der Waals surface area contributed by atoms with Gasteiger partial charge >= 0.3 is 11.9 Å². The molecule has 3 aliphatic heterocycles. The van der Waals surface area contributed by atoms with Crippen LogP contribution >= 0.6 is 11.3 Å². The molecule has 0 aliphatic carbocycles. The number of aromatic nitrogens is 4. The average Bonchev–Trinajstić information content (AvgIpc) is 3.79. The number of nitrogens with zero attached hydrogens (tertiary/aromatic N) is 6. The molecule has 60 heavy (non-hydrogen) atoms. The van der Waals surface area contributed by atoms with Crippen LogP contribution in [0.25, 0.3) is 10.7 Å². The summed E-state index contributed by atoms with van der Waals surface area (Å²) in [7, 11) is 4.97. The van der Waals surface area contributed by atoms with E-state index in [2.05, 4.69) is 25.3 Å². The van der Waals surface area contributed by atoms with Crippen molar-refractivity contribution in [3.63, 3.8) is 0 Å². The summed E-state index contributed by atoms with van der Waals surface area (Å²) in [5, 5.41) is 24.5. The normalized spacial score (nSPS) is 38.6. The monoisotopic (exact) mass is 863 g/mol. The molecule has 1 unspecified atom stereocenters. The van der Waals surface area contributed by atoms with Crippen molar-refractivity contribution >= 4 is 40.7 Å². The standard InChI is InChI=1S/C40H58FN7O11S/c1-12-25-40(8)28(27(35(52)59-40)33(42)47-55-18-26-45-46-34(60-26)23-17-43-13-14-44-23)21(4)29(49)19(2)16-38(6,54-11)32(22(5)31(51)39(7,41)37(53)57-25)58-36-30(50)24(48(9)10)15-20(3)56-36/h13-14,17,19-22,24-25,27-28,30,32,36,50H,12,15-16,18H2,1-11H3,(H2,42,47)/t19-,20-,21-,22+,24+,25+,27-,28+,30-,32-,36?,38-,39+,40-/m1/s1. The van der Waals surface area contributed by atoms with Gasteiger partial charge in [0, 0.05) is 49.2 Å². The largest absolute Gasteiger partial charge is 0.455 e. The van der Waals surface area contributed by atoms with E-state index < -0.39 is 94.8 Å². The lowest BCUT2D eigenvalue weighted by Gasteiger charge is -2.47. The van der Waals surface area contributed by atoms with E-state index in [0.29, 0.717) is 22.1 Å². The molecule has 0 bridgehead atoms. The van der Waals surface area contributed by atoms with E-state index in [1.54, 1.807) is 41.8 Å². The highest BCUT2D eigenvalue weighted by atomic mass is 32.1. The number of Topliss-reactive ketones (excluding diaryl/α,β-unsaturated/α-hetero) is 2. The van der Waals surface area contributed by atoms with Crippen molar-refractivity contribution in [2.45, 2.75) is 135 Å². The van der Waals surface area contributed by atoms with Gasteiger partial charge < -0.3 is 44.3 Å². The quantitative estimate of drug-likeness (QED) is 0.115. The van der Waals surface area contributed by atoms with Crippen molar-refractivity contribution < 1.29 is 57.2 Å². The molecule has 5 heterocycles. The van der Waals surface area contributed by atoms with Gasteiger partial charge in [-0.25, -0.2) is 9.18 Å². The number of carbonyl (C=O) groups is 4. The van der Waals surface area contributed by atoms with Crippen molar-refractivity contribution in [1.29, 1.82) is 0 Å². The number of oxime groups is 1. The van der Waals surface area contributed by atoms with Crippen LogP contribution in [0.1, 0.15) is 79.7 Å². The van der Waals surface area contributed by atoms with E-state index in [1.807, 2.05) is 11.8 Å². The van der Waals surface area contributed by atoms with Crippen LogP contribution in [0.4, 0.5) is 4.39 Å². The van der Waals surface area contributed by atoms with Gasteiger partial charge in [0.05, 0.1) is 24.0 Å². The van der Waals surface area contributed by atoms with Gasteiger partial charge in [-0.1, -0.05) is 44.2 Å². The molecule has 5 rings (SSSR count). The second kappa shape index (κ2) is 18.5. The van der Waals surface area contributed by atoms with E-state index >= 15 is 4.39 Å². The Labute approximate surface area is 353 Å². The molecule has 3 aliphatic rings. The summed E-state index contributed by atoms with van der Waals surface area (Å²) in [5.41, 5.74) is 0.476. The molecule has 14 atom stereocenters. The van der Waals surface area contributed by atoms with Gasteiger partial charge in [-0.05, 0) is 61.1 Å². The van der Waals surface area contributed by atoms with Gasteiger partial charge in [0.2, 0.25) is 0 Å². The number of hydrogen-bond donors (Lipinski definition) is 2. The van der Waals surface area contributed by atoms with Crippen LogP contribution in [0.3, 0.4) is 0 Å². The number of fused-ring (bicyclic) bond motifs is 1. The summed E-state index contributed by atoms with van der Waals surface area (Å²) < 4.78 is 47.3. The summed E-state index contributed by atoms with van der Waals surface area (Å²) in [6.07, 6.45) is -0.589. The Hall–Kier alpha value is -4.08. The van der Waals surface area contributed by atoms with Gasteiger partial charge in [-0.15, -0.1) is 10.2 Å². The van der Waals surface area contributed by atoms with Crippen LogP contribution in [0, 0.1) is 29.6 Å². The molecule has 3 fully saturated rings. The highest BCUT2D eigenvalue weighted by molar-refractivity contribution is 7.14. The molecule has 0 radical (unpaired) electrons. The lowest BCUT2D eigenvalue weighted by atomic mass is 9.67. The second-order valence-electron chi connectivity index (χ2n) is 16.9. The van der Waals surface area contributed by atoms with Crippen molar-refractivity contribution in [1.82, 2.24) is 25.1 Å². The Morgan fingerprint density at radius 2 is 1.80 bits per heavy atom. The minimum absolute atomic E-state index is 0.0106. The van der Waals surface area contributed by atoms with Crippen LogP contribution < -0.4 is 5.73 Å². The minimum atomic E-state index is -3.24. The number of methoxy groups -OCH3 is 1. The Kier molecular flexibility index (Phi) is 14.5. The number of esters is 2.